The summed E-state index contributed by atoms with van der Waals surface area (Å²) in [5, 5.41) is 3.86. The molecule has 1 fully saturated rings. The van der Waals surface area contributed by atoms with Crippen molar-refractivity contribution >= 4 is 10.0 Å². The van der Waals surface area contributed by atoms with E-state index in [2.05, 4.69) is 19.8 Å². The van der Waals surface area contributed by atoms with E-state index in [1.54, 1.807) is 18.5 Å². The van der Waals surface area contributed by atoms with Crippen molar-refractivity contribution in [3.63, 3.8) is 0 Å². The van der Waals surface area contributed by atoms with Gasteiger partial charge in [-0.25, -0.2) is 18.1 Å². The molecular weight excluding hydrogens is 320 g/mol. The predicted molar refractivity (Wildman–Crippen MR) is 80.6 cm³/mol. The van der Waals surface area contributed by atoms with Gasteiger partial charge in [-0.05, 0) is 19.8 Å². The second-order valence-electron chi connectivity index (χ2n) is 5.94. The summed E-state index contributed by atoms with van der Waals surface area (Å²) in [7, 11) is -2.00. The monoisotopic (exact) mass is 340 g/mol. The second kappa shape index (κ2) is 5.69. The Hall–Kier alpha value is -1.78. The average molecular weight is 340 g/mol. The molecule has 0 spiro atoms. The molecule has 0 amide bonds. The van der Waals surface area contributed by atoms with Gasteiger partial charge in [0.25, 0.3) is 10.0 Å². The number of hydrogen-bond donors (Lipinski definition) is 2. The van der Waals surface area contributed by atoms with Crippen molar-refractivity contribution < 1.29 is 12.9 Å². The Balaban J connectivity index is 1.70. The van der Waals surface area contributed by atoms with Crippen LogP contribution >= 0.6 is 0 Å². The number of aryl methyl sites for hydroxylation is 2. The fourth-order valence-electron chi connectivity index (χ4n) is 2.64. The lowest BCUT2D eigenvalue weighted by molar-refractivity contribution is 0.347. The molecular formula is C13H20N6O3S. The lowest BCUT2D eigenvalue weighted by Crippen LogP contribution is -2.34. The first kappa shape index (κ1) is 16.1. The standard InChI is InChI=1S/C13H20N6O3S/c1-9-16-11(8-19(9)2)23(20,21)15-7-10-17-12(18-22-10)13(14)5-3-4-6-13/h8,15H,3-7,14H2,1-2H3. The van der Waals surface area contributed by atoms with Gasteiger partial charge < -0.3 is 14.8 Å². The van der Waals surface area contributed by atoms with Gasteiger partial charge in [-0.3, -0.25) is 0 Å². The molecule has 0 atom stereocenters. The summed E-state index contributed by atoms with van der Waals surface area (Å²) in [5.41, 5.74) is 5.69. The van der Waals surface area contributed by atoms with E-state index in [1.807, 2.05) is 0 Å². The maximum atomic E-state index is 12.2. The highest BCUT2D eigenvalue weighted by Gasteiger charge is 2.36. The SMILES string of the molecule is Cc1nc(S(=O)(=O)NCc2nc(C3(N)CCCC3)no2)cn1C. The first-order valence-electron chi connectivity index (χ1n) is 7.42. The Morgan fingerprint density at radius 3 is 2.70 bits per heavy atom. The molecule has 0 aromatic carbocycles. The van der Waals surface area contributed by atoms with E-state index in [9.17, 15) is 8.42 Å². The zero-order valence-corrected chi connectivity index (χ0v) is 13.9. The Labute approximate surface area is 134 Å². The highest BCUT2D eigenvalue weighted by molar-refractivity contribution is 7.89. The van der Waals surface area contributed by atoms with Crippen LogP contribution in [0.2, 0.25) is 0 Å². The molecule has 1 aliphatic rings. The molecule has 1 saturated carbocycles. The number of nitrogens with zero attached hydrogens (tertiary/aromatic N) is 4. The van der Waals surface area contributed by atoms with Crippen molar-refractivity contribution in [1.82, 2.24) is 24.4 Å². The van der Waals surface area contributed by atoms with E-state index in [-0.39, 0.29) is 17.5 Å². The summed E-state index contributed by atoms with van der Waals surface area (Å²) in [4.78, 5) is 8.23. The first-order chi connectivity index (χ1) is 10.8. The van der Waals surface area contributed by atoms with Crippen LogP contribution in [0.5, 0.6) is 0 Å². The van der Waals surface area contributed by atoms with Gasteiger partial charge in [0.05, 0.1) is 12.1 Å². The van der Waals surface area contributed by atoms with Crippen molar-refractivity contribution in [3.05, 3.63) is 23.7 Å². The zero-order chi connectivity index (χ0) is 16.7. The fraction of sp³-hybridized carbons (Fsp3) is 0.615. The van der Waals surface area contributed by atoms with Crippen LogP contribution in [0, 0.1) is 6.92 Å². The molecule has 1 aliphatic carbocycles. The third kappa shape index (κ3) is 3.14. The van der Waals surface area contributed by atoms with Crippen LogP contribution in [0.15, 0.2) is 15.7 Å². The summed E-state index contributed by atoms with van der Waals surface area (Å²) in [6, 6.07) is 0. The van der Waals surface area contributed by atoms with Crippen LogP contribution < -0.4 is 10.5 Å². The maximum Gasteiger partial charge on any atom is 0.260 e. The zero-order valence-electron chi connectivity index (χ0n) is 13.1. The quantitative estimate of drug-likeness (QED) is 0.801. The summed E-state index contributed by atoms with van der Waals surface area (Å²) in [6.07, 6.45) is 5.14. The number of nitrogens with one attached hydrogen (secondary N) is 1. The molecule has 0 bridgehead atoms. The van der Waals surface area contributed by atoms with E-state index < -0.39 is 15.6 Å². The van der Waals surface area contributed by atoms with Gasteiger partial charge in [0.2, 0.25) is 5.89 Å². The van der Waals surface area contributed by atoms with Gasteiger partial charge >= 0.3 is 0 Å². The summed E-state index contributed by atoms with van der Waals surface area (Å²) in [6.45, 7) is 1.63. The van der Waals surface area contributed by atoms with Crippen molar-refractivity contribution in [2.24, 2.45) is 12.8 Å². The van der Waals surface area contributed by atoms with Gasteiger partial charge in [-0.15, -0.1) is 0 Å². The van der Waals surface area contributed by atoms with Gasteiger partial charge in [-0.1, -0.05) is 18.0 Å². The summed E-state index contributed by atoms with van der Waals surface area (Å²) >= 11 is 0. The Bertz CT molecular complexity index is 784. The van der Waals surface area contributed by atoms with Crippen LogP contribution in [-0.4, -0.2) is 28.1 Å². The number of nitrogens with two attached hydrogens (primary N) is 1. The third-order valence-electron chi connectivity index (χ3n) is 4.18. The minimum Gasteiger partial charge on any atom is -0.338 e. The molecule has 0 aliphatic heterocycles. The van der Waals surface area contributed by atoms with Crippen molar-refractivity contribution in [3.8, 4) is 0 Å². The molecule has 0 saturated heterocycles. The highest BCUT2D eigenvalue weighted by Crippen LogP contribution is 2.34. The Morgan fingerprint density at radius 2 is 2.09 bits per heavy atom. The minimum atomic E-state index is -3.73. The molecule has 3 N–H and O–H groups in total. The van der Waals surface area contributed by atoms with Gasteiger partial charge in [0.15, 0.2) is 10.9 Å². The molecule has 0 radical (unpaired) electrons. The molecule has 2 heterocycles. The molecule has 0 unspecified atom stereocenters. The van der Waals surface area contributed by atoms with Gasteiger partial charge in [0, 0.05) is 13.2 Å². The lowest BCUT2D eigenvalue weighted by Gasteiger charge is -2.17. The van der Waals surface area contributed by atoms with E-state index in [0.29, 0.717) is 11.6 Å². The first-order valence-corrected chi connectivity index (χ1v) is 8.90. The smallest absolute Gasteiger partial charge is 0.260 e. The largest absolute Gasteiger partial charge is 0.338 e. The number of imidazole rings is 1. The van der Waals surface area contributed by atoms with Crippen molar-refractivity contribution in [2.45, 2.75) is 49.7 Å². The lowest BCUT2D eigenvalue weighted by atomic mass is 9.99. The molecule has 2 aromatic heterocycles. The van der Waals surface area contributed by atoms with Gasteiger partial charge in [0.1, 0.15) is 5.82 Å². The van der Waals surface area contributed by atoms with Crippen LogP contribution in [0.1, 0.15) is 43.2 Å². The minimum absolute atomic E-state index is 0.0386. The van der Waals surface area contributed by atoms with Crippen LogP contribution in [0.4, 0.5) is 0 Å². The second-order valence-corrected chi connectivity index (χ2v) is 7.65. The number of sulfonamides is 1. The van der Waals surface area contributed by atoms with E-state index in [0.717, 1.165) is 25.7 Å². The summed E-state index contributed by atoms with van der Waals surface area (Å²) in [5.74, 6) is 1.24. The van der Waals surface area contributed by atoms with Crippen LogP contribution in [0.25, 0.3) is 0 Å². The highest BCUT2D eigenvalue weighted by atomic mass is 32.2. The molecule has 10 heteroatoms. The fourth-order valence-corrected chi connectivity index (χ4v) is 3.66. The Kier molecular flexibility index (Phi) is 3.98. The van der Waals surface area contributed by atoms with Crippen LogP contribution in [0.3, 0.4) is 0 Å². The third-order valence-corrected chi connectivity index (χ3v) is 5.46. The molecule has 9 nitrogen and oxygen atoms in total. The van der Waals surface area contributed by atoms with Crippen LogP contribution in [-0.2, 0) is 29.2 Å². The maximum absolute atomic E-state index is 12.2. The average Bonchev–Trinajstić information content (AvgIpc) is 3.19. The van der Waals surface area contributed by atoms with E-state index >= 15 is 0 Å². The summed E-state index contributed by atoms with van der Waals surface area (Å²) < 4.78 is 33.5. The van der Waals surface area contributed by atoms with Crippen molar-refractivity contribution in [2.75, 3.05) is 0 Å². The number of hydrogen-bond acceptors (Lipinski definition) is 7. The number of rotatable bonds is 5. The molecule has 3 rings (SSSR count). The van der Waals surface area contributed by atoms with Gasteiger partial charge in [-0.2, -0.15) is 4.98 Å². The topological polar surface area (TPSA) is 129 Å². The van der Waals surface area contributed by atoms with Crippen molar-refractivity contribution in [1.29, 1.82) is 0 Å². The molecule has 126 valence electrons. The predicted octanol–water partition coefficient (Wildman–Crippen LogP) is 0.318. The molecule has 23 heavy (non-hydrogen) atoms. The Morgan fingerprint density at radius 1 is 1.39 bits per heavy atom. The van der Waals surface area contributed by atoms with E-state index in [1.165, 1.54) is 6.20 Å². The normalized spacial score (nSPS) is 17.7. The number of aromatic nitrogens is 4. The van der Waals surface area contributed by atoms with E-state index in [4.69, 9.17) is 10.3 Å². The molecule has 2 aromatic rings.